The summed E-state index contributed by atoms with van der Waals surface area (Å²) in [5.74, 6) is 1.69. The van der Waals surface area contributed by atoms with Gasteiger partial charge < -0.3 is 9.32 Å². The number of benzene rings is 4. The molecule has 2 heteroatoms. The Kier molecular flexibility index (Phi) is 9.13. The minimum atomic E-state index is 0.251. The number of furan rings is 1. The second-order valence-corrected chi connectivity index (χ2v) is 17.2. The standard InChI is InChI=1S/C57H51NO/c1-3-5-15-37(4-2)42-30-43(38-16-7-6-8-17-38)32-44(31-42)51-35-41-25-24-39(33-50(41)46-18-9-10-19-47(46)51)40-26-28-55-52(34-40)48-20-11-13-22-54(48)58(55)45-27-29-57-53(36-45)49-21-12-14-23-56(49)59-57/h3,5,9-12,16,18-21,24-34,36,51-52,55H,2,6-8,13-15,17,22-23,35H2,1H3/b5-3-/t51-,52?,55?/m1/s1. The average Bonchev–Trinajstić information content (AvgIpc) is 3.84. The Hall–Kier alpha value is -6.08. The van der Waals surface area contributed by atoms with E-state index in [4.69, 9.17) is 4.42 Å². The molecule has 1 aliphatic heterocycles. The Balaban J connectivity index is 0.941. The van der Waals surface area contributed by atoms with Gasteiger partial charge in [-0.15, -0.1) is 5.73 Å². The number of fused-ring (bicyclic) bond motifs is 8. The van der Waals surface area contributed by atoms with Crippen LogP contribution in [0.1, 0.15) is 109 Å². The minimum Gasteiger partial charge on any atom is -0.460 e. The van der Waals surface area contributed by atoms with E-state index >= 15 is 0 Å². The lowest BCUT2D eigenvalue weighted by Crippen LogP contribution is -2.33. The number of allylic oxidation sites excluding steroid dienone is 11. The normalized spacial score (nSPS) is 21.4. The van der Waals surface area contributed by atoms with E-state index in [0.29, 0.717) is 5.92 Å². The molecule has 3 atom stereocenters. The topological polar surface area (TPSA) is 16.4 Å². The zero-order chi connectivity index (χ0) is 39.5. The van der Waals surface area contributed by atoms with Crippen LogP contribution in [0.4, 0.5) is 5.69 Å². The molecule has 2 heterocycles. The summed E-state index contributed by atoms with van der Waals surface area (Å²) in [6.07, 6.45) is 34.4. The molecule has 0 radical (unpaired) electrons. The number of hydrogen-bond acceptors (Lipinski definition) is 2. The van der Waals surface area contributed by atoms with E-state index in [2.05, 4.69) is 164 Å². The molecule has 1 aromatic heterocycles. The summed E-state index contributed by atoms with van der Waals surface area (Å²) < 4.78 is 6.31. The van der Waals surface area contributed by atoms with E-state index in [9.17, 15) is 0 Å². The fraction of sp³-hybridized carbons (Fsp3) is 0.246. The first-order chi connectivity index (χ1) is 29.1. The summed E-state index contributed by atoms with van der Waals surface area (Å²) >= 11 is 0. The summed E-state index contributed by atoms with van der Waals surface area (Å²) in [5.41, 5.74) is 24.6. The van der Waals surface area contributed by atoms with Gasteiger partial charge in [0.1, 0.15) is 11.3 Å². The quantitative estimate of drug-likeness (QED) is 0.121. The molecule has 0 saturated heterocycles. The third kappa shape index (κ3) is 6.25. The first kappa shape index (κ1) is 36.0. The van der Waals surface area contributed by atoms with Crippen LogP contribution < -0.4 is 4.90 Å². The monoisotopic (exact) mass is 765 g/mol. The van der Waals surface area contributed by atoms with E-state index in [1.807, 2.05) is 0 Å². The average molecular weight is 766 g/mol. The zero-order valence-corrected chi connectivity index (χ0v) is 34.1. The Morgan fingerprint density at radius 1 is 0.864 bits per heavy atom. The van der Waals surface area contributed by atoms with Crippen LogP contribution in [0, 0.1) is 5.92 Å². The van der Waals surface area contributed by atoms with Crippen molar-refractivity contribution in [1.82, 2.24) is 0 Å². The highest BCUT2D eigenvalue weighted by Gasteiger charge is 2.40. The van der Waals surface area contributed by atoms with Gasteiger partial charge in [0.25, 0.3) is 0 Å². The van der Waals surface area contributed by atoms with Gasteiger partial charge in [-0.3, -0.25) is 0 Å². The predicted octanol–water partition coefficient (Wildman–Crippen LogP) is 14.9. The smallest absolute Gasteiger partial charge is 0.135 e. The molecule has 290 valence electrons. The number of aryl methyl sites for hydroxylation is 1. The maximum absolute atomic E-state index is 6.31. The van der Waals surface area contributed by atoms with Crippen LogP contribution >= 0.6 is 0 Å². The van der Waals surface area contributed by atoms with Crippen molar-refractivity contribution in [3.8, 4) is 11.1 Å². The lowest BCUT2D eigenvalue weighted by molar-refractivity contribution is 0.546. The van der Waals surface area contributed by atoms with E-state index in [0.717, 1.165) is 56.3 Å². The molecule has 4 aromatic carbocycles. The summed E-state index contributed by atoms with van der Waals surface area (Å²) in [5, 5.41) is 1.23. The molecule has 6 aliphatic rings. The molecule has 5 aromatic rings. The molecule has 2 unspecified atom stereocenters. The van der Waals surface area contributed by atoms with Crippen LogP contribution in [0.3, 0.4) is 0 Å². The summed E-state index contributed by atoms with van der Waals surface area (Å²) in [6.45, 7) is 6.22. The second-order valence-electron chi connectivity index (χ2n) is 17.2. The molecular weight excluding hydrogens is 715 g/mol. The van der Waals surface area contributed by atoms with Crippen molar-refractivity contribution in [1.29, 1.82) is 0 Å². The van der Waals surface area contributed by atoms with E-state index in [1.165, 1.54) is 108 Å². The SMILES string of the molecule is C=C=C(C/C=C\C)c1cc(C2=CCCCC2)cc([C@H]2Cc3ccc(C4=CC5C6=C(CCC=C6)N(c6ccc7oc8c(c7c6)C=CCC8)C5C=C4)cc3-c3ccccc32)c1. The van der Waals surface area contributed by atoms with Gasteiger partial charge in [-0.25, -0.2) is 0 Å². The maximum atomic E-state index is 6.31. The minimum absolute atomic E-state index is 0.251. The summed E-state index contributed by atoms with van der Waals surface area (Å²) in [7, 11) is 0. The Bertz CT molecular complexity index is 2820. The van der Waals surface area contributed by atoms with Gasteiger partial charge in [0.05, 0.1) is 6.04 Å². The van der Waals surface area contributed by atoms with Gasteiger partial charge in [0.2, 0.25) is 0 Å². The first-order valence-electron chi connectivity index (χ1n) is 22.0. The van der Waals surface area contributed by atoms with Crippen molar-refractivity contribution < 1.29 is 4.42 Å². The molecular formula is C57H51NO. The van der Waals surface area contributed by atoms with Gasteiger partial charge in [-0.1, -0.05) is 116 Å². The molecule has 2 nitrogen and oxygen atoms in total. The van der Waals surface area contributed by atoms with Crippen molar-refractivity contribution in [2.75, 3.05) is 4.90 Å². The Labute approximate surface area is 349 Å². The molecule has 0 fully saturated rings. The maximum Gasteiger partial charge on any atom is 0.135 e. The molecule has 11 rings (SSSR count). The first-order valence-corrected chi connectivity index (χ1v) is 22.0. The summed E-state index contributed by atoms with van der Waals surface area (Å²) in [6, 6.07) is 30.9. The molecule has 59 heavy (non-hydrogen) atoms. The number of rotatable bonds is 7. The van der Waals surface area contributed by atoms with Gasteiger partial charge in [0.15, 0.2) is 0 Å². The number of hydrogen-bond donors (Lipinski definition) is 0. The Morgan fingerprint density at radius 3 is 2.68 bits per heavy atom. The van der Waals surface area contributed by atoms with Crippen molar-refractivity contribution >= 4 is 39.5 Å². The number of anilines is 1. The highest BCUT2D eigenvalue weighted by Crippen LogP contribution is 2.49. The molecule has 0 saturated carbocycles. The fourth-order valence-corrected chi connectivity index (χ4v) is 10.9. The molecule has 0 amide bonds. The lowest BCUT2D eigenvalue weighted by Gasteiger charge is -2.32. The molecule has 0 spiro atoms. The lowest BCUT2D eigenvalue weighted by atomic mass is 9.74. The zero-order valence-electron chi connectivity index (χ0n) is 34.1. The molecule has 0 N–H and O–H groups in total. The van der Waals surface area contributed by atoms with Crippen LogP contribution in [-0.2, 0) is 12.8 Å². The Morgan fingerprint density at radius 2 is 1.78 bits per heavy atom. The van der Waals surface area contributed by atoms with Crippen molar-refractivity contribution in [2.24, 2.45) is 5.92 Å². The predicted molar refractivity (Wildman–Crippen MR) is 248 cm³/mol. The van der Waals surface area contributed by atoms with Crippen molar-refractivity contribution in [3.05, 3.63) is 202 Å². The van der Waals surface area contributed by atoms with Crippen LogP contribution in [0.15, 0.2) is 162 Å². The summed E-state index contributed by atoms with van der Waals surface area (Å²) in [4.78, 5) is 2.63. The second kappa shape index (κ2) is 14.9. The van der Waals surface area contributed by atoms with E-state index < -0.39 is 0 Å². The van der Waals surface area contributed by atoms with Gasteiger partial charge >= 0.3 is 0 Å². The van der Waals surface area contributed by atoms with Gasteiger partial charge in [-0.2, -0.15) is 0 Å². The highest BCUT2D eigenvalue weighted by molar-refractivity contribution is 5.92. The van der Waals surface area contributed by atoms with Gasteiger partial charge in [-0.05, 0) is 156 Å². The third-order valence-corrected chi connectivity index (χ3v) is 13.8. The van der Waals surface area contributed by atoms with Crippen molar-refractivity contribution in [2.45, 2.75) is 83.1 Å². The third-order valence-electron chi connectivity index (χ3n) is 13.8. The van der Waals surface area contributed by atoms with E-state index in [-0.39, 0.29) is 12.0 Å². The van der Waals surface area contributed by atoms with Crippen LogP contribution in [0.25, 0.3) is 44.9 Å². The van der Waals surface area contributed by atoms with E-state index in [1.54, 1.807) is 0 Å². The van der Waals surface area contributed by atoms with Crippen LogP contribution in [0.5, 0.6) is 0 Å². The number of nitrogens with zero attached hydrogens (tertiary/aromatic N) is 1. The van der Waals surface area contributed by atoms with Gasteiger partial charge in [0, 0.05) is 46.2 Å². The fourth-order valence-electron chi connectivity index (χ4n) is 10.9. The molecule has 0 bridgehead atoms. The van der Waals surface area contributed by atoms with Crippen LogP contribution in [0.2, 0.25) is 0 Å². The largest absolute Gasteiger partial charge is 0.460 e. The van der Waals surface area contributed by atoms with Crippen LogP contribution in [-0.4, -0.2) is 6.04 Å². The van der Waals surface area contributed by atoms with Crippen molar-refractivity contribution in [3.63, 3.8) is 0 Å². The molecule has 5 aliphatic carbocycles. The highest BCUT2D eigenvalue weighted by atomic mass is 16.3.